The van der Waals surface area contributed by atoms with Gasteiger partial charge in [-0.1, -0.05) is 6.92 Å². The van der Waals surface area contributed by atoms with E-state index in [1.165, 1.54) is 4.88 Å². The van der Waals surface area contributed by atoms with Gasteiger partial charge in [0.2, 0.25) is 0 Å². The molecule has 1 aromatic heterocycles. The number of rotatable bonds is 8. The van der Waals surface area contributed by atoms with E-state index in [-0.39, 0.29) is 6.04 Å². The Labute approximate surface area is 129 Å². The van der Waals surface area contributed by atoms with E-state index in [1.807, 2.05) is 0 Å². The zero-order chi connectivity index (χ0) is 14.4. The summed E-state index contributed by atoms with van der Waals surface area (Å²) >= 11 is 5.34. The molecule has 3 nitrogen and oxygen atoms in total. The van der Waals surface area contributed by atoms with Crippen molar-refractivity contribution in [3.05, 3.63) is 20.8 Å². The minimum absolute atomic E-state index is 0.138. The lowest BCUT2D eigenvalue weighted by molar-refractivity contribution is 0.163. The molecule has 0 aliphatic carbocycles. The average molecular weight is 348 g/mol. The molecule has 1 rings (SSSR count). The summed E-state index contributed by atoms with van der Waals surface area (Å²) in [6.07, 6.45) is 1.16. The minimum atomic E-state index is 0.138. The van der Waals surface area contributed by atoms with Crippen molar-refractivity contribution in [1.82, 2.24) is 9.80 Å². The Morgan fingerprint density at radius 1 is 1.32 bits per heavy atom. The Kier molecular flexibility index (Phi) is 7.54. The smallest absolute Gasteiger partial charge is 0.0591 e. The molecule has 0 aliphatic heterocycles. The average Bonchev–Trinajstić information content (AvgIpc) is 2.72. The number of hydrogen-bond acceptors (Lipinski definition) is 4. The Bertz CT molecular complexity index is 365. The number of halogens is 1. The van der Waals surface area contributed by atoms with Crippen LogP contribution in [0.3, 0.4) is 0 Å². The van der Waals surface area contributed by atoms with Crippen LogP contribution in [0.4, 0.5) is 0 Å². The number of likely N-dealkylation sites (N-methyl/N-ethyl adjacent to an activating group) is 1. The first-order chi connectivity index (χ1) is 8.95. The summed E-state index contributed by atoms with van der Waals surface area (Å²) in [5, 5.41) is 2.14. The maximum atomic E-state index is 6.25. The normalized spacial score (nSPS) is 15.2. The van der Waals surface area contributed by atoms with Gasteiger partial charge in [-0.05, 0) is 56.0 Å². The molecule has 0 saturated heterocycles. The molecule has 19 heavy (non-hydrogen) atoms. The Balaban J connectivity index is 2.85. The second-order valence-corrected chi connectivity index (χ2v) is 7.17. The molecule has 0 spiro atoms. The molecule has 2 N–H and O–H groups in total. The number of hydrogen-bond donors (Lipinski definition) is 1. The summed E-state index contributed by atoms with van der Waals surface area (Å²) in [5.41, 5.74) is 6.25. The van der Waals surface area contributed by atoms with Gasteiger partial charge >= 0.3 is 0 Å². The van der Waals surface area contributed by atoms with Gasteiger partial charge in [-0.2, -0.15) is 0 Å². The van der Waals surface area contributed by atoms with E-state index in [9.17, 15) is 0 Å². The molecule has 2 atom stereocenters. The first kappa shape index (κ1) is 17.1. The fraction of sp³-hybridized carbons (Fsp3) is 0.714. The Morgan fingerprint density at radius 3 is 2.42 bits per heavy atom. The number of nitrogens with zero attached hydrogens (tertiary/aromatic N) is 2. The Morgan fingerprint density at radius 2 is 2.00 bits per heavy atom. The quantitative estimate of drug-likeness (QED) is 0.783. The van der Waals surface area contributed by atoms with E-state index in [0.29, 0.717) is 6.04 Å². The summed E-state index contributed by atoms with van der Waals surface area (Å²) in [6, 6.07) is 2.66. The molecule has 1 aromatic rings. The van der Waals surface area contributed by atoms with Crippen LogP contribution in [0.1, 0.15) is 31.2 Å². The molecule has 2 unspecified atom stereocenters. The lowest BCUT2D eigenvalue weighted by Crippen LogP contribution is -2.42. The maximum Gasteiger partial charge on any atom is 0.0591 e. The van der Waals surface area contributed by atoms with Crippen molar-refractivity contribution in [3.8, 4) is 0 Å². The Hall–Kier alpha value is 0.0600. The highest BCUT2D eigenvalue weighted by atomic mass is 79.9. The van der Waals surface area contributed by atoms with Crippen LogP contribution < -0.4 is 5.73 Å². The van der Waals surface area contributed by atoms with E-state index in [2.05, 4.69) is 65.1 Å². The van der Waals surface area contributed by atoms with Gasteiger partial charge in [-0.25, -0.2) is 0 Å². The monoisotopic (exact) mass is 347 g/mol. The molecule has 0 bridgehead atoms. The van der Waals surface area contributed by atoms with Crippen LogP contribution in [0.25, 0.3) is 0 Å². The van der Waals surface area contributed by atoms with Gasteiger partial charge in [-0.3, -0.25) is 4.90 Å². The standard InChI is InChI=1S/C14H26BrN3S/c1-5-6-18(8-7-17(3)4)14(11(2)16)13-9-12(15)10-19-13/h9-11,14H,5-8,16H2,1-4H3. The topological polar surface area (TPSA) is 32.5 Å². The second-order valence-electron chi connectivity index (χ2n) is 5.31. The van der Waals surface area contributed by atoms with Crippen molar-refractivity contribution >= 4 is 27.3 Å². The summed E-state index contributed by atoms with van der Waals surface area (Å²) < 4.78 is 1.15. The first-order valence-corrected chi connectivity index (χ1v) is 8.51. The SMILES string of the molecule is CCCN(CCN(C)C)C(c1cc(Br)cs1)C(C)N. The zero-order valence-corrected chi connectivity index (χ0v) is 14.8. The summed E-state index contributed by atoms with van der Waals surface area (Å²) in [5.74, 6) is 0. The molecule has 0 radical (unpaired) electrons. The largest absolute Gasteiger partial charge is 0.326 e. The van der Waals surface area contributed by atoms with Crippen molar-refractivity contribution in [2.45, 2.75) is 32.4 Å². The van der Waals surface area contributed by atoms with Crippen molar-refractivity contribution < 1.29 is 0 Å². The van der Waals surface area contributed by atoms with Crippen molar-refractivity contribution in [1.29, 1.82) is 0 Å². The number of nitrogens with two attached hydrogens (primary N) is 1. The van der Waals surface area contributed by atoms with Crippen LogP contribution in [0.5, 0.6) is 0 Å². The van der Waals surface area contributed by atoms with Crippen molar-refractivity contribution in [2.24, 2.45) is 5.73 Å². The lowest BCUT2D eigenvalue weighted by atomic mass is 10.1. The van der Waals surface area contributed by atoms with Gasteiger partial charge in [0.15, 0.2) is 0 Å². The highest BCUT2D eigenvalue weighted by Gasteiger charge is 2.24. The van der Waals surface area contributed by atoms with Crippen molar-refractivity contribution in [3.63, 3.8) is 0 Å². The molecule has 5 heteroatoms. The molecular weight excluding hydrogens is 322 g/mol. The second kappa shape index (κ2) is 8.37. The molecule has 110 valence electrons. The molecule has 0 aromatic carbocycles. The van der Waals surface area contributed by atoms with Crippen LogP contribution in [-0.4, -0.2) is 49.6 Å². The van der Waals surface area contributed by atoms with Gasteiger partial charge in [0.05, 0.1) is 6.04 Å². The van der Waals surface area contributed by atoms with E-state index < -0.39 is 0 Å². The fourth-order valence-corrected chi connectivity index (χ4v) is 3.95. The van der Waals surface area contributed by atoms with E-state index in [0.717, 1.165) is 30.5 Å². The van der Waals surface area contributed by atoms with Gasteiger partial charge < -0.3 is 10.6 Å². The molecular formula is C14H26BrN3S. The highest BCUT2D eigenvalue weighted by Crippen LogP contribution is 2.31. The van der Waals surface area contributed by atoms with Crippen LogP contribution in [0, 0.1) is 0 Å². The van der Waals surface area contributed by atoms with Gasteiger partial charge in [-0.15, -0.1) is 11.3 Å². The minimum Gasteiger partial charge on any atom is -0.326 e. The van der Waals surface area contributed by atoms with Crippen LogP contribution in [0.15, 0.2) is 15.9 Å². The molecule has 1 heterocycles. The first-order valence-electron chi connectivity index (χ1n) is 6.84. The maximum absolute atomic E-state index is 6.25. The van der Waals surface area contributed by atoms with Crippen LogP contribution >= 0.6 is 27.3 Å². The van der Waals surface area contributed by atoms with Gasteiger partial charge in [0, 0.05) is 33.9 Å². The predicted molar refractivity (Wildman–Crippen MR) is 88.8 cm³/mol. The van der Waals surface area contributed by atoms with Gasteiger partial charge in [0.25, 0.3) is 0 Å². The van der Waals surface area contributed by atoms with Gasteiger partial charge in [0.1, 0.15) is 0 Å². The highest BCUT2D eigenvalue weighted by molar-refractivity contribution is 9.10. The number of thiophene rings is 1. The van der Waals surface area contributed by atoms with Crippen molar-refractivity contribution in [2.75, 3.05) is 33.7 Å². The van der Waals surface area contributed by atoms with E-state index >= 15 is 0 Å². The summed E-state index contributed by atoms with van der Waals surface area (Å²) in [4.78, 5) is 6.10. The molecule has 0 saturated carbocycles. The third-order valence-corrected chi connectivity index (χ3v) is 4.88. The van der Waals surface area contributed by atoms with Crippen LogP contribution in [0.2, 0.25) is 0 Å². The molecule has 0 aliphatic rings. The lowest BCUT2D eigenvalue weighted by Gasteiger charge is -2.34. The summed E-state index contributed by atoms with van der Waals surface area (Å²) in [7, 11) is 4.24. The van der Waals surface area contributed by atoms with E-state index in [1.54, 1.807) is 11.3 Å². The zero-order valence-electron chi connectivity index (χ0n) is 12.4. The molecule has 0 fully saturated rings. The third-order valence-electron chi connectivity index (χ3n) is 3.12. The molecule has 0 amide bonds. The summed E-state index contributed by atoms with van der Waals surface area (Å²) in [6.45, 7) is 7.55. The fourth-order valence-electron chi connectivity index (χ4n) is 2.26. The predicted octanol–water partition coefficient (Wildman–Crippen LogP) is 3.17. The third kappa shape index (κ3) is 5.52. The van der Waals surface area contributed by atoms with Crippen LogP contribution in [-0.2, 0) is 0 Å². The van der Waals surface area contributed by atoms with E-state index in [4.69, 9.17) is 5.73 Å².